The molecule has 1 amide bonds. The Morgan fingerprint density at radius 2 is 1.83 bits per heavy atom. The highest BCUT2D eigenvalue weighted by Crippen LogP contribution is 2.48. The summed E-state index contributed by atoms with van der Waals surface area (Å²) in [5, 5.41) is 11.9. The number of nitrogens with one attached hydrogen (secondary N) is 1. The molecule has 2 fully saturated rings. The van der Waals surface area contributed by atoms with Crippen molar-refractivity contribution < 1.29 is 23.5 Å². The molecule has 0 radical (unpaired) electrons. The number of rotatable bonds is 4. The maximum Gasteiger partial charge on any atom is 0.306 e. The van der Waals surface area contributed by atoms with Crippen molar-refractivity contribution in [2.45, 2.75) is 44.1 Å². The van der Waals surface area contributed by atoms with Gasteiger partial charge < -0.3 is 10.4 Å². The second kappa shape index (κ2) is 6.26. The number of halogens is 2. The zero-order valence-corrected chi connectivity index (χ0v) is 12.6. The Morgan fingerprint density at radius 1 is 1.13 bits per heavy atom. The van der Waals surface area contributed by atoms with Crippen LogP contribution in [0.4, 0.5) is 8.78 Å². The number of hydrogen-bond acceptors (Lipinski definition) is 2. The number of carbonyl (C=O) groups is 2. The van der Waals surface area contributed by atoms with E-state index in [9.17, 15) is 18.4 Å². The van der Waals surface area contributed by atoms with Gasteiger partial charge in [-0.3, -0.25) is 9.59 Å². The first kappa shape index (κ1) is 15.9. The molecule has 2 aliphatic carbocycles. The minimum absolute atomic E-state index is 0.00239. The van der Waals surface area contributed by atoms with E-state index >= 15 is 0 Å². The summed E-state index contributed by atoms with van der Waals surface area (Å²) >= 11 is 0. The number of amides is 1. The quantitative estimate of drug-likeness (QED) is 0.895. The fourth-order valence-corrected chi connectivity index (χ4v) is 3.42. The molecular formula is C17H19F2NO3. The summed E-state index contributed by atoms with van der Waals surface area (Å²) in [5.74, 6) is -2.89. The van der Waals surface area contributed by atoms with Gasteiger partial charge in [-0.15, -0.1) is 0 Å². The second-order valence-corrected chi connectivity index (χ2v) is 6.51. The standard InChI is InChI=1S/C17H19F2NO3/c18-10-3-6-12(15(19)7-10)13-8-14(13)16(21)20-11-4-1-9(2-5-11)17(22)23/h3,6-7,9,11,13-14H,1-2,4-5,8H2,(H,20,21)(H,22,23)/t9?,11?,13-,14+/m1/s1. The van der Waals surface area contributed by atoms with Crippen LogP contribution in [0.25, 0.3) is 0 Å². The molecule has 2 N–H and O–H groups in total. The van der Waals surface area contributed by atoms with Gasteiger partial charge in [0.2, 0.25) is 5.91 Å². The topological polar surface area (TPSA) is 66.4 Å². The van der Waals surface area contributed by atoms with Crippen LogP contribution in [0.2, 0.25) is 0 Å². The average Bonchev–Trinajstić information content (AvgIpc) is 3.28. The number of carbonyl (C=O) groups excluding carboxylic acids is 1. The molecule has 0 aliphatic heterocycles. The van der Waals surface area contributed by atoms with Gasteiger partial charge in [0.15, 0.2) is 0 Å². The maximum absolute atomic E-state index is 13.7. The summed E-state index contributed by atoms with van der Waals surface area (Å²) in [6, 6.07) is 3.45. The molecule has 0 spiro atoms. The van der Waals surface area contributed by atoms with Crippen LogP contribution in [0.3, 0.4) is 0 Å². The molecular weight excluding hydrogens is 304 g/mol. The van der Waals surface area contributed by atoms with E-state index in [-0.39, 0.29) is 29.7 Å². The lowest BCUT2D eigenvalue weighted by molar-refractivity contribution is -0.142. The molecule has 4 nitrogen and oxygen atoms in total. The highest BCUT2D eigenvalue weighted by molar-refractivity contribution is 5.83. The molecule has 0 bridgehead atoms. The van der Waals surface area contributed by atoms with E-state index in [1.807, 2.05) is 0 Å². The molecule has 0 saturated heterocycles. The van der Waals surface area contributed by atoms with E-state index in [1.54, 1.807) is 0 Å². The van der Waals surface area contributed by atoms with Gasteiger partial charge in [0, 0.05) is 18.0 Å². The third kappa shape index (κ3) is 3.51. The molecule has 1 aromatic carbocycles. The first-order valence-corrected chi connectivity index (χ1v) is 7.94. The van der Waals surface area contributed by atoms with Crippen LogP contribution in [-0.2, 0) is 9.59 Å². The Labute approximate surface area is 132 Å². The third-order valence-corrected chi connectivity index (χ3v) is 4.91. The van der Waals surface area contributed by atoms with E-state index < -0.39 is 17.6 Å². The number of carboxylic acid groups (broad SMARTS) is 1. The monoisotopic (exact) mass is 323 g/mol. The van der Waals surface area contributed by atoms with Crippen molar-refractivity contribution in [2.24, 2.45) is 11.8 Å². The van der Waals surface area contributed by atoms with Crippen LogP contribution in [0, 0.1) is 23.5 Å². The van der Waals surface area contributed by atoms with E-state index in [1.165, 1.54) is 12.1 Å². The summed E-state index contributed by atoms with van der Waals surface area (Å²) in [4.78, 5) is 23.1. The first-order valence-electron chi connectivity index (χ1n) is 7.94. The zero-order chi connectivity index (χ0) is 16.6. The fourth-order valence-electron chi connectivity index (χ4n) is 3.42. The molecule has 3 rings (SSSR count). The van der Waals surface area contributed by atoms with Gasteiger partial charge in [-0.05, 0) is 49.7 Å². The lowest BCUT2D eigenvalue weighted by Crippen LogP contribution is -2.39. The molecule has 2 aliphatic rings. The van der Waals surface area contributed by atoms with Crippen LogP contribution in [-0.4, -0.2) is 23.0 Å². The molecule has 6 heteroatoms. The highest BCUT2D eigenvalue weighted by atomic mass is 19.1. The van der Waals surface area contributed by atoms with E-state index in [4.69, 9.17) is 5.11 Å². The third-order valence-electron chi connectivity index (χ3n) is 4.91. The maximum atomic E-state index is 13.7. The highest BCUT2D eigenvalue weighted by Gasteiger charge is 2.45. The Morgan fingerprint density at radius 3 is 2.43 bits per heavy atom. The van der Waals surface area contributed by atoms with Gasteiger partial charge in [0.1, 0.15) is 11.6 Å². The summed E-state index contributed by atoms with van der Waals surface area (Å²) in [6.45, 7) is 0. The number of carboxylic acids is 1. The molecule has 0 unspecified atom stereocenters. The number of hydrogen-bond donors (Lipinski definition) is 2. The predicted molar refractivity (Wildman–Crippen MR) is 78.7 cm³/mol. The lowest BCUT2D eigenvalue weighted by atomic mass is 9.86. The zero-order valence-electron chi connectivity index (χ0n) is 12.6. The van der Waals surface area contributed by atoms with Crippen LogP contribution in [0.5, 0.6) is 0 Å². The summed E-state index contributed by atoms with van der Waals surface area (Å²) < 4.78 is 26.7. The predicted octanol–water partition coefficient (Wildman–Crippen LogP) is 2.83. The van der Waals surface area contributed by atoms with Gasteiger partial charge in [-0.25, -0.2) is 8.78 Å². The van der Waals surface area contributed by atoms with Gasteiger partial charge >= 0.3 is 5.97 Å². The largest absolute Gasteiger partial charge is 0.481 e. The van der Waals surface area contributed by atoms with Crippen molar-refractivity contribution in [3.8, 4) is 0 Å². The molecule has 2 atom stereocenters. The average molecular weight is 323 g/mol. The van der Waals surface area contributed by atoms with E-state index in [0.29, 0.717) is 37.7 Å². The minimum Gasteiger partial charge on any atom is -0.481 e. The Kier molecular flexibility index (Phi) is 4.33. The molecule has 1 aromatic rings. The van der Waals surface area contributed by atoms with Gasteiger partial charge in [0.05, 0.1) is 5.92 Å². The summed E-state index contributed by atoms with van der Waals surface area (Å²) in [6.07, 6.45) is 3.02. The molecule has 2 saturated carbocycles. The smallest absolute Gasteiger partial charge is 0.306 e. The molecule has 23 heavy (non-hydrogen) atoms. The van der Waals surface area contributed by atoms with Crippen molar-refractivity contribution in [1.29, 1.82) is 0 Å². The minimum atomic E-state index is -0.774. The Hall–Kier alpha value is -1.98. The van der Waals surface area contributed by atoms with E-state index in [2.05, 4.69) is 5.32 Å². The van der Waals surface area contributed by atoms with Crippen molar-refractivity contribution in [1.82, 2.24) is 5.32 Å². The molecule has 0 heterocycles. The summed E-state index contributed by atoms with van der Waals surface area (Å²) in [5.41, 5.74) is 0.390. The van der Waals surface area contributed by atoms with Crippen LogP contribution in [0.15, 0.2) is 18.2 Å². The van der Waals surface area contributed by atoms with Crippen molar-refractivity contribution in [3.05, 3.63) is 35.4 Å². The van der Waals surface area contributed by atoms with E-state index in [0.717, 1.165) is 6.07 Å². The van der Waals surface area contributed by atoms with Gasteiger partial charge in [0.25, 0.3) is 0 Å². The van der Waals surface area contributed by atoms with Crippen LogP contribution >= 0.6 is 0 Å². The van der Waals surface area contributed by atoms with Crippen molar-refractivity contribution >= 4 is 11.9 Å². The van der Waals surface area contributed by atoms with Gasteiger partial charge in [-0.1, -0.05) is 6.07 Å². The van der Waals surface area contributed by atoms with Crippen LogP contribution in [0.1, 0.15) is 43.6 Å². The Bertz CT molecular complexity index is 626. The van der Waals surface area contributed by atoms with Crippen LogP contribution < -0.4 is 5.32 Å². The molecule has 124 valence electrons. The number of aliphatic carboxylic acids is 1. The normalized spacial score (nSPS) is 29.8. The fraction of sp³-hybridized carbons (Fsp3) is 0.529. The lowest BCUT2D eigenvalue weighted by Gasteiger charge is -2.26. The van der Waals surface area contributed by atoms with Gasteiger partial charge in [-0.2, -0.15) is 0 Å². The van der Waals surface area contributed by atoms with Crippen molar-refractivity contribution in [2.75, 3.05) is 0 Å². The second-order valence-electron chi connectivity index (χ2n) is 6.51. The SMILES string of the molecule is O=C(O)C1CCC(NC(=O)[C@H]2C[C@@H]2c2ccc(F)cc2F)CC1. The van der Waals surface area contributed by atoms with Crippen molar-refractivity contribution in [3.63, 3.8) is 0 Å². The first-order chi connectivity index (χ1) is 11.0. The molecule has 0 aromatic heterocycles. The number of benzene rings is 1. The summed E-state index contributed by atoms with van der Waals surface area (Å²) in [7, 11) is 0. The Balaban J connectivity index is 1.52.